The van der Waals surface area contributed by atoms with Crippen LogP contribution in [-0.2, 0) is 0 Å². The zero-order valence-electron chi connectivity index (χ0n) is 12.5. The summed E-state index contributed by atoms with van der Waals surface area (Å²) < 4.78 is 0. The Bertz CT molecular complexity index is 632. The summed E-state index contributed by atoms with van der Waals surface area (Å²) in [5.74, 6) is 0. The van der Waals surface area contributed by atoms with Crippen molar-refractivity contribution in [2.24, 2.45) is 0 Å². The first-order chi connectivity index (χ1) is 10.9. The summed E-state index contributed by atoms with van der Waals surface area (Å²) in [6.45, 7) is 4.01. The third-order valence-corrected chi connectivity index (χ3v) is 5.34. The maximum Gasteiger partial charge on any atom is 0.208 e. The number of aromatic nitrogens is 3. The first kappa shape index (κ1) is 13.9. The highest BCUT2D eigenvalue weighted by Crippen LogP contribution is 2.34. The molecule has 0 aromatic carbocycles. The summed E-state index contributed by atoms with van der Waals surface area (Å²) in [5.41, 5.74) is 2.19. The number of pyridine rings is 1. The van der Waals surface area contributed by atoms with Gasteiger partial charge in [0.2, 0.25) is 5.13 Å². The quantitative estimate of drug-likeness (QED) is 0.899. The van der Waals surface area contributed by atoms with Gasteiger partial charge in [0.1, 0.15) is 0 Å². The number of piperazine rings is 1. The summed E-state index contributed by atoms with van der Waals surface area (Å²) in [7, 11) is 0. The van der Waals surface area contributed by atoms with E-state index in [0.717, 1.165) is 47.6 Å². The van der Waals surface area contributed by atoms with Gasteiger partial charge in [-0.1, -0.05) is 11.3 Å². The Labute approximate surface area is 134 Å². The van der Waals surface area contributed by atoms with Crippen molar-refractivity contribution < 1.29 is 0 Å². The van der Waals surface area contributed by atoms with Crippen LogP contribution in [0.1, 0.15) is 19.3 Å². The molecule has 22 heavy (non-hydrogen) atoms. The molecule has 0 radical (unpaired) electrons. The van der Waals surface area contributed by atoms with E-state index in [1.165, 1.54) is 19.3 Å². The Morgan fingerprint density at radius 1 is 1.23 bits per heavy atom. The molecule has 1 aliphatic carbocycles. The lowest BCUT2D eigenvalue weighted by atomic mass is 9.93. The molecule has 2 N–H and O–H groups in total. The molecular formula is C15H20N6S. The predicted octanol–water partition coefficient (Wildman–Crippen LogP) is 1.97. The van der Waals surface area contributed by atoms with Gasteiger partial charge in [0.25, 0.3) is 0 Å². The molecule has 2 fully saturated rings. The van der Waals surface area contributed by atoms with Crippen LogP contribution in [0.2, 0.25) is 0 Å². The van der Waals surface area contributed by atoms with Gasteiger partial charge in [-0.15, -0.1) is 10.2 Å². The van der Waals surface area contributed by atoms with Crippen molar-refractivity contribution in [3.05, 3.63) is 18.5 Å². The van der Waals surface area contributed by atoms with Crippen molar-refractivity contribution in [3.8, 4) is 10.6 Å². The van der Waals surface area contributed by atoms with Crippen LogP contribution in [0.25, 0.3) is 10.6 Å². The second-order valence-corrected chi connectivity index (χ2v) is 6.78. The fourth-order valence-electron chi connectivity index (χ4n) is 2.77. The van der Waals surface area contributed by atoms with E-state index in [4.69, 9.17) is 0 Å². The van der Waals surface area contributed by atoms with Gasteiger partial charge in [0.05, 0.1) is 5.56 Å². The molecule has 2 aliphatic rings. The Morgan fingerprint density at radius 3 is 2.86 bits per heavy atom. The largest absolute Gasteiger partial charge is 0.382 e. The molecule has 0 spiro atoms. The van der Waals surface area contributed by atoms with E-state index in [1.54, 1.807) is 11.3 Å². The van der Waals surface area contributed by atoms with Crippen LogP contribution < -0.4 is 15.5 Å². The molecule has 0 atom stereocenters. The lowest BCUT2D eigenvalue weighted by Crippen LogP contribution is -2.43. The van der Waals surface area contributed by atoms with Crippen LogP contribution in [-0.4, -0.2) is 47.4 Å². The van der Waals surface area contributed by atoms with E-state index in [2.05, 4.69) is 30.7 Å². The minimum atomic E-state index is 0.599. The van der Waals surface area contributed by atoms with Crippen LogP contribution in [0.15, 0.2) is 18.5 Å². The molecule has 7 heteroatoms. The van der Waals surface area contributed by atoms with Gasteiger partial charge in [0.15, 0.2) is 5.01 Å². The van der Waals surface area contributed by atoms with E-state index in [-0.39, 0.29) is 0 Å². The van der Waals surface area contributed by atoms with Crippen LogP contribution in [0.5, 0.6) is 0 Å². The third kappa shape index (κ3) is 2.78. The van der Waals surface area contributed by atoms with E-state index >= 15 is 0 Å². The number of rotatable bonds is 4. The fourth-order valence-corrected chi connectivity index (χ4v) is 3.69. The molecular weight excluding hydrogens is 296 g/mol. The average molecular weight is 316 g/mol. The van der Waals surface area contributed by atoms with Gasteiger partial charge in [-0.05, 0) is 25.3 Å². The van der Waals surface area contributed by atoms with Crippen molar-refractivity contribution in [1.29, 1.82) is 0 Å². The lowest BCUT2D eigenvalue weighted by Gasteiger charge is -2.28. The molecule has 1 aliphatic heterocycles. The summed E-state index contributed by atoms with van der Waals surface area (Å²) >= 11 is 1.66. The molecule has 2 aromatic heterocycles. The number of nitrogens with one attached hydrogen (secondary N) is 2. The molecule has 1 saturated heterocycles. The van der Waals surface area contributed by atoms with E-state index in [0.29, 0.717) is 6.04 Å². The van der Waals surface area contributed by atoms with Crippen molar-refractivity contribution >= 4 is 22.2 Å². The van der Waals surface area contributed by atoms with Crippen LogP contribution in [0.4, 0.5) is 10.8 Å². The molecule has 0 bridgehead atoms. The molecule has 3 heterocycles. The van der Waals surface area contributed by atoms with Crippen LogP contribution in [0, 0.1) is 0 Å². The molecule has 2 aromatic rings. The van der Waals surface area contributed by atoms with Crippen molar-refractivity contribution in [2.45, 2.75) is 25.3 Å². The molecule has 116 valence electrons. The fraction of sp³-hybridized carbons (Fsp3) is 0.533. The summed E-state index contributed by atoms with van der Waals surface area (Å²) in [4.78, 5) is 6.57. The van der Waals surface area contributed by atoms with Gasteiger partial charge in [-0.3, -0.25) is 4.98 Å². The number of hydrogen-bond donors (Lipinski definition) is 2. The summed E-state index contributed by atoms with van der Waals surface area (Å²) in [5, 5.41) is 17.7. The van der Waals surface area contributed by atoms with Crippen LogP contribution >= 0.6 is 11.3 Å². The third-order valence-electron chi connectivity index (χ3n) is 4.32. The number of anilines is 2. The Balaban J connectivity index is 1.57. The van der Waals surface area contributed by atoms with Crippen molar-refractivity contribution in [1.82, 2.24) is 20.5 Å². The maximum atomic E-state index is 4.40. The Morgan fingerprint density at radius 2 is 2.09 bits per heavy atom. The number of hydrogen-bond acceptors (Lipinski definition) is 7. The van der Waals surface area contributed by atoms with E-state index in [1.807, 2.05) is 18.5 Å². The summed E-state index contributed by atoms with van der Waals surface area (Å²) in [6.07, 6.45) is 7.56. The van der Waals surface area contributed by atoms with Gasteiger partial charge < -0.3 is 15.5 Å². The topological polar surface area (TPSA) is 66.0 Å². The van der Waals surface area contributed by atoms with Gasteiger partial charge in [-0.25, -0.2) is 0 Å². The Hall–Kier alpha value is -1.73. The molecule has 0 amide bonds. The molecule has 6 nitrogen and oxygen atoms in total. The second-order valence-electron chi connectivity index (χ2n) is 5.82. The van der Waals surface area contributed by atoms with Gasteiger partial charge in [0, 0.05) is 50.3 Å². The van der Waals surface area contributed by atoms with Gasteiger partial charge >= 0.3 is 0 Å². The molecule has 4 rings (SSSR count). The Kier molecular flexibility index (Phi) is 3.90. The van der Waals surface area contributed by atoms with Crippen molar-refractivity contribution in [3.63, 3.8) is 0 Å². The summed E-state index contributed by atoms with van der Waals surface area (Å²) in [6, 6.07) is 2.64. The second kappa shape index (κ2) is 6.18. The smallest absolute Gasteiger partial charge is 0.208 e. The van der Waals surface area contributed by atoms with Crippen molar-refractivity contribution in [2.75, 3.05) is 36.4 Å². The number of nitrogens with zero attached hydrogens (tertiary/aromatic N) is 4. The minimum absolute atomic E-state index is 0.599. The average Bonchev–Trinajstić information content (AvgIpc) is 3.02. The van der Waals surface area contributed by atoms with Crippen LogP contribution in [0.3, 0.4) is 0 Å². The minimum Gasteiger partial charge on any atom is -0.382 e. The zero-order valence-corrected chi connectivity index (χ0v) is 13.3. The standard InChI is InChI=1S/C15H20N6S/c1-2-11(3-1)18-13-4-5-17-10-12(13)14-19-20-15(22-14)21-8-6-16-7-9-21/h4-5,10-11,16H,1-3,6-9H2,(H,17,18). The maximum absolute atomic E-state index is 4.40. The highest BCUT2D eigenvalue weighted by atomic mass is 32.1. The lowest BCUT2D eigenvalue weighted by molar-refractivity contribution is 0.445. The first-order valence-corrected chi connectivity index (χ1v) is 8.72. The van der Waals surface area contributed by atoms with E-state index < -0.39 is 0 Å². The first-order valence-electron chi connectivity index (χ1n) is 7.90. The van der Waals surface area contributed by atoms with Gasteiger partial charge in [-0.2, -0.15) is 0 Å². The normalized spacial score (nSPS) is 19.0. The predicted molar refractivity (Wildman–Crippen MR) is 89.5 cm³/mol. The molecule has 0 unspecified atom stereocenters. The highest BCUT2D eigenvalue weighted by molar-refractivity contribution is 7.18. The zero-order chi connectivity index (χ0) is 14.8. The highest BCUT2D eigenvalue weighted by Gasteiger charge is 2.21. The molecule has 1 saturated carbocycles. The monoisotopic (exact) mass is 316 g/mol. The SMILES string of the molecule is c1cc(NC2CCC2)c(-c2nnc(N3CCNCC3)s2)cn1. The van der Waals surface area contributed by atoms with E-state index in [9.17, 15) is 0 Å².